The minimum atomic E-state index is -0.453. The average molecular weight is 334 g/mol. The summed E-state index contributed by atoms with van der Waals surface area (Å²) in [6, 6.07) is 0. The van der Waals surface area contributed by atoms with E-state index in [1.165, 1.54) is 18.6 Å². The zero-order chi connectivity index (χ0) is 18.4. The molecule has 0 saturated heterocycles. The summed E-state index contributed by atoms with van der Waals surface area (Å²) in [5, 5.41) is 29.9. The first-order valence-corrected chi connectivity index (χ1v) is 6.96. The molecule has 0 aromatic carbocycles. The Morgan fingerprint density at radius 3 is 1.75 bits per heavy atom. The number of rotatable bonds is 3. The molecule has 2 heterocycles. The standard InChI is InChI=1S/C8H10N2O3.C7H8N2O2/c1-5-3-9-7(4-11)6(2)8(5)10(12)13;1-5-3-8-4-6(2)7(5)9(10)11/h3,11H,4H2,1-2H3;3-4H,1-2H3. The zero-order valence-electron chi connectivity index (χ0n) is 13.8. The van der Waals surface area contributed by atoms with Gasteiger partial charge in [-0.1, -0.05) is 0 Å². The normalized spacial score (nSPS) is 9.88. The molecule has 0 amide bonds. The second-order valence-electron chi connectivity index (χ2n) is 5.16. The number of nitro groups is 2. The molecule has 2 aromatic heterocycles. The summed E-state index contributed by atoms with van der Waals surface area (Å²) in [6.07, 6.45) is 4.38. The molecule has 0 aliphatic carbocycles. The molecular weight excluding hydrogens is 316 g/mol. The Balaban J connectivity index is 0.000000243. The van der Waals surface area contributed by atoms with Crippen LogP contribution in [0.5, 0.6) is 0 Å². The van der Waals surface area contributed by atoms with E-state index in [2.05, 4.69) is 9.97 Å². The van der Waals surface area contributed by atoms with Gasteiger partial charge in [-0.2, -0.15) is 0 Å². The Kier molecular flexibility index (Phi) is 6.42. The summed E-state index contributed by atoms with van der Waals surface area (Å²) < 4.78 is 0. The van der Waals surface area contributed by atoms with Gasteiger partial charge in [-0.05, 0) is 27.7 Å². The van der Waals surface area contributed by atoms with E-state index in [4.69, 9.17) is 5.11 Å². The van der Waals surface area contributed by atoms with E-state index in [-0.39, 0.29) is 22.9 Å². The fourth-order valence-electron chi connectivity index (χ4n) is 2.19. The van der Waals surface area contributed by atoms with E-state index < -0.39 is 4.92 Å². The highest BCUT2D eigenvalue weighted by Gasteiger charge is 2.17. The monoisotopic (exact) mass is 334 g/mol. The smallest absolute Gasteiger partial charge is 0.278 e. The van der Waals surface area contributed by atoms with Crippen LogP contribution >= 0.6 is 0 Å². The van der Waals surface area contributed by atoms with Crippen LogP contribution in [0.15, 0.2) is 18.6 Å². The Morgan fingerprint density at radius 2 is 1.38 bits per heavy atom. The van der Waals surface area contributed by atoms with Crippen LogP contribution in [-0.4, -0.2) is 24.9 Å². The van der Waals surface area contributed by atoms with Gasteiger partial charge in [-0.3, -0.25) is 30.2 Å². The number of aryl methyl sites for hydroxylation is 3. The van der Waals surface area contributed by atoms with Crippen LogP contribution in [-0.2, 0) is 6.61 Å². The lowest BCUT2D eigenvalue weighted by molar-refractivity contribution is -0.386. The molecule has 0 radical (unpaired) electrons. The van der Waals surface area contributed by atoms with E-state index in [0.717, 1.165) is 0 Å². The highest BCUT2D eigenvalue weighted by Crippen LogP contribution is 2.23. The van der Waals surface area contributed by atoms with Crippen molar-refractivity contribution in [3.05, 3.63) is 66.8 Å². The second kappa shape index (κ2) is 8.06. The van der Waals surface area contributed by atoms with Crippen molar-refractivity contribution >= 4 is 11.4 Å². The van der Waals surface area contributed by atoms with Crippen LogP contribution < -0.4 is 0 Å². The molecule has 9 heteroatoms. The summed E-state index contributed by atoms with van der Waals surface area (Å²) in [4.78, 5) is 27.9. The maximum Gasteiger partial charge on any atom is 0.278 e. The number of pyridine rings is 2. The molecule has 0 aliphatic heterocycles. The quantitative estimate of drug-likeness (QED) is 0.674. The van der Waals surface area contributed by atoms with Crippen molar-refractivity contribution in [2.45, 2.75) is 34.3 Å². The highest BCUT2D eigenvalue weighted by atomic mass is 16.6. The lowest BCUT2D eigenvalue weighted by Gasteiger charge is -2.04. The van der Waals surface area contributed by atoms with E-state index in [9.17, 15) is 20.2 Å². The molecule has 9 nitrogen and oxygen atoms in total. The van der Waals surface area contributed by atoms with Gasteiger partial charge in [0.25, 0.3) is 11.4 Å². The third-order valence-corrected chi connectivity index (χ3v) is 3.37. The topological polar surface area (TPSA) is 132 Å². The number of aromatic nitrogens is 2. The lowest BCUT2D eigenvalue weighted by atomic mass is 10.1. The highest BCUT2D eigenvalue weighted by molar-refractivity contribution is 5.47. The van der Waals surface area contributed by atoms with Crippen LogP contribution in [0.4, 0.5) is 11.4 Å². The first kappa shape index (κ1) is 19.1. The van der Waals surface area contributed by atoms with E-state index in [1.54, 1.807) is 27.7 Å². The van der Waals surface area contributed by atoms with Crippen molar-refractivity contribution in [1.82, 2.24) is 9.97 Å². The van der Waals surface area contributed by atoms with E-state index in [0.29, 0.717) is 27.9 Å². The maximum absolute atomic E-state index is 10.6. The summed E-state index contributed by atoms with van der Waals surface area (Å²) in [6.45, 7) is 6.30. The lowest BCUT2D eigenvalue weighted by Crippen LogP contribution is -2.01. The maximum atomic E-state index is 10.6. The van der Waals surface area contributed by atoms with Gasteiger partial charge in [0.1, 0.15) is 0 Å². The number of hydrogen-bond donors (Lipinski definition) is 1. The van der Waals surface area contributed by atoms with Gasteiger partial charge in [0, 0.05) is 35.3 Å². The van der Waals surface area contributed by atoms with Crippen molar-refractivity contribution in [2.24, 2.45) is 0 Å². The Morgan fingerprint density at radius 1 is 0.917 bits per heavy atom. The predicted octanol–water partition coefficient (Wildman–Crippen LogP) is 2.71. The molecule has 0 fully saturated rings. The SMILES string of the molecule is Cc1cnc(CO)c(C)c1[N+](=O)[O-].Cc1cncc(C)c1[N+](=O)[O-]. The molecule has 2 rings (SSSR count). The van der Waals surface area contributed by atoms with Gasteiger partial charge in [-0.25, -0.2) is 0 Å². The molecule has 2 aromatic rings. The zero-order valence-corrected chi connectivity index (χ0v) is 13.8. The Bertz CT molecular complexity index is 756. The van der Waals surface area contributed by atoms with Crippen molar-refractivity contribution in [3.63, 3.8) is 0 Å². The van der Waals surface area contributed by atoms with Gasteiger partial charge in [0.2, 0.25) is 0 Å². The molecule has 0 atom stereocenters. The van der Waals surface area contributed by atoms with Gasteiger partial charge >= 0.3 is 0 Å². The van der Waals surface area contributed by atoms with Gasteiger partial charge in [0.15, 0.2) is 0 Å². The molecule has 128 valence electrons. The minimum Gasteiger partial charge on any atom is -0.390 e. The average Bonchev–Trinajstić information content (AvgIpc) is 2.47. The minimum absolute atomic E-state index is 0.0408. The summed E-state index contributed by atoms with van der Waals surface area (Å²) in [5.74, 6) is 0. The molecule has 0 bridgehead atoms. The Labute approximate surface area is 138 Å². The van der Waals surface area contributed by atoms with Crippen LogP contribution in [0.25, 0.3) is 0 Å². The third kappa shape index (κ3) is 4.29. The van der Waals surface area contributed by atoms with Gasteiger partial charge < -0.3 is 5.11 Å². The molecule has 24 heavy (non-hydrogen) atoms. The first-order chi connectivity index (χ1) is 11.2. The van der Waals surface area contributed by atoms with Crippen molar-refractivity contribution in [1.29, 1.82) is 0 Å². The van der Waals surface area contributed by atoms with Crippen molar-refractivity contribution in [3.8, 4) is 0 Å². The van der Waals surface area contributed by atoms with Gasteiger partial charge in [0.05, 0.1) is 27.7 Å². The molecule has 0 aliphatic rings. The van der Waals surface area contributed by atoms with E-state index in [1.807, 2.05) is 0 Å². The number of aliphatic hydroxyl groups excluding tert-OH is 1. The first-order valence-electron chi connectivity index (χ1n) is 6.96. The largest absolute Gasteiger partial charge is 0.390 e. The fraction of sp³-hybridized carbons (Fsp3) is 0.333. The Hall–Kier alpha value is -2.94. The van der Waals surface area contributed by atoms with Crippen LogP contribution in [0.2, 0.25) is 0 Å². The molecular formula is C15H18N4O5. The second-order valence-corrected chi connectivity index (χ2v) is 5.16. The molecule has 1 N–H and O–H groups in total. The number of aliphatic hydroxyl groups is 1. The van der Waals surface area contributed by atoms with Crippen LogP contribution in [0.3, 0.4) is 0 Å². The summed E-state index contributed by atoms with van der Waals surface area (Å²) >= 11 is 0. The fourth-order valence-corrected chi connectivity index (χ4v) is 2.19. The van der Waals surface area contributed by atoms with Crippen molar-refractivity contribution < 1.29 is 15.0 Å². The predicted molar refractivity (Wildman–Crippen MR) is 86.7 cm³/mol. The van der Waals surface area contributed by atoms with Crippen molar-refractivity contribution in [2.75, 3.05) is 0 Å². The number of hydrogen-bond acceptors (Lipinski definition) is 7. The third-order valence-electron chi connectivity index (χ3n) is 3.37. The summed E-state index contributed by atoms with van der Waals surface area (Å²) in [5.41, 5.74) is 2.73. The number of nitrogens with zero attached hydrogens (tertiary/aromatic N) is 4. The van der Waals surface area contributed by atoms with Crippen LogP contribution in [0, 0.1) is 47.9 Å². The van der Waals surface area contributed by atoms with E-state index >= 15 is 0 Å². The summed E-state index contributed by atoms with van der Waals surface area (Å²) in [7, 11) is 0. The molecule has 0 saturated carbocycles. The van der Waals surface area contributed by atoms with Gasteiger partial charge in [-0.15, -0.1) is 0 Å². The molecule has 0 unspecified atom stereocenters. The molecule has 0 spiro atoms. The van der Waals surface area contributed by atoms with Crippen LogP contribution in [0.1, 0.15) is 27.9 Å².